The van der Waals surface area contributed by atoms with E-state index in [2.05, 4.69) is 5.10 Å². The van der Waals surface area contributed by atoms with Crippen LogP contribution in [0.15, 0.2) is 29.1 Å². The zero-order valence-corrected chi connectivity index (χ0v) is 10.6. The van der Waals surface area contributed by atoms with Gasteiger partial charge in [-0.2, -0.15) is 0 Å². The van der Waals surface area contributed by atoms with Gasteiger partial charge in [0.05, 0.1) is 18.4 Å². The third kappa shape index (κ3) is 1.84. The highest BCUT2D eigenvalue weighted by atomic mass is 16.5. The van der Waals surface area contributed by atoms with Crippen molar-refractivity contribution in [3.05, 3.63) is 51.4 Å². The van der Waals surface area contributed by atoms with E-state index in [4.69, 9.17) is 10.1 Å². The maximum Gasteiger partial charge on any atom is 0.275 e. The summed E-state index contributed by atoms with van der Waals surface area (Å²) in [6.45, 7) is 1.78. The van der Waals surface area contributed by atoms with E-state index >= 15 is 0 Å². The molecule has 94 valence electrons. The summed E-state index contributed by atoms with van der Waals surface area (Å²) in [6, 6.07) is 7.19. The molecule has 0 aliphatic rings. The highest BCUT2D eigenvalue weighted by molar-refractivity contribution is 6.12. The van der Waals surface area contributed by atoms with Crippen LogP contribution in [0, 0.1) is 12.3 Å². The van der Waals surface area contributed by atoms with E-state index in [0.717, 1.165) is 0 Å². The van der Waals surface area contributed by atoms with Gasteiger partial charge in [0, 0.05) is 18.3 Å². The summed E-state index contributed by atoms with van der Waals surface area (Å²) in [5.74, 6) is 0.588. The monoisotopic (exact) mass is 245 g/mol. The minimum absolute atomic E-state index is 0.173. The zero-order valence-electron chi connectivity index (χ0n) is 10.6. The van der Waals surface area contributed by atoms with Gasteiger partial charge < -0.3 is 4.74 Å². The summed E-state index contributed by atoms with van der Waals surface area (Å²) in [4.78, 5) is 12.0. The second-order valence-corrected chi connectivity index (χ2v) is 4.05. The minimum atomic E-state index is -0.205. The lowest BCUT2D eigenvalue weighted by molar-refractivity contribution is 0.414. The number of aromatic nitrogens is 2. The number of benzene rings is 1. The van der Waals surface area contributed by atoms with Crippen molar-refractivity contribution in [1.29, 1.82) is 5.41 Å². The molecule has 5 nitrogen and oxygen atoms in total. The molecule has 5 heteroatoms. The quantitative estimate of drug-likeness (QED) is 0.803. The van der Waals surface area contributed by atoms with Gasteiger partial charge in [0.25, 0.3) is 5.56 Å². The first kappa shape index (κ1) is 12.2. The molecule has 0 amide bonds. The van der Waals surface area contributed by atoms with Gasteiger partial charge >= 0.3 is 0 Å². The zero-order chi connectivity index (χ0) is 13.3. The minimum Gasteiger partial charge on any atom is -0.496 e. The van der Waals surface area contributed by atoms with E-state index in [-0.39, 0.29) is 11.3 Å². The third-order valence-electron chi connectivity index (χ3n) is 2.86. The van der Waals surface area contributed by atoms with Crippen LogP contribution in [-0.4, -0.2) is 22.6 Å². The van der Waals surface area contributed by atoms with E-state index in [1.807, 2.05) is 12.1 Å². The van der Waals surface area contributed by atoms with Gasteiger partial charge in [0.15, 0.2) is 0 Å². The van der Waals surface area contributed by atoms with Crippen molar-refractivity contribution in [3.63, 3.8) is 0 Å². The summed E-state index contributed by atoms with van der Waals surface area (Å²) < 4.78 is 6.58. The summed E-state index contributed by atoms with van der Waals surface area (Å²) in [5.41, 5.74) is 1.63. The molecule has 18 heavy (non-hydrogen) atoms. The summed E-state index contributed by atoms with van der Waals surface area (Å²) >= 11 is 0. The molecule has 2 aromatic rings. The molecule has 0 aliphatic heterocycles. The van der Waals surface area contributed by atoms with Gasteiger partial charge in [-0.3, -0.25) is 20.0 Å². The fourth-order valence-electron chi connectivity index (χ4n) is 1.97. The molecular weight excluding hydrogens is 230 g/mol. The average molecular weight is 245 g/mol. The number of rotatable bonds is 3. The molecule has 0 saturated heterocycles. The maximum absolute atomic E-state index is 12.0. The van der Waals surface area contributed by atoms with E-state index in [0.29, 0.717) is 22.6 Å². The number of para-hydroxylation sites is 1. The largest absolute Gasteiger partial charge is 0.496 e. The first-order chi connectivity index (χ1) is 8.56. The number of H-pyrrole nitrogens is 1. The predicted molar refractivity (Wildman–Crippen MR) is 69.7 cm³/mol. The van der Waals surface area contributed by atoms with Crippen LogP contribution >= 0.6 is 0 Å². The molecule has 0 atom stereocenters. The number of aryl methyl sites for hydroxylation is 2. The Hall–Kier alpha value is -2.30. The lowest BCUT2D eigenvalue weighted by atomic mass is 10.0. The van der Waals surface area contributed by atoms with Crippen LogP contribution in [0.1, 0.15) is 16.8 Å². The van der Waals surface area contributed by atoms with Crippen molar-refractivity contribution >= 4 is 5.71 Å². The molecule has 0 saturated carbocycles. The van der Waals surface area contributed by atoms with E-state index in [1.165, 1.54) is 4.68 Å². The van der Waals surface area contributed by atoms with Crippen molar-refractivity contribution < 1.29 is 4.74 Å². The number of aromatic amines is 1. The second-order valence-electron chi connectivity index (χ2n) is 4.05. The standard InChI is InChI=1S/C13H15N3O2/c1-8-11(13(17)16(2)15-8)12(14)9-6-4-5-7-10(9)18-3/h4-7,14-15H,1-3H3. The van der Waals surface area contributed by atoms with Crippen LogP contribution in [0.2, 0.25) is 0 Å². The highest BCUT2D eigenvalue weighted by Crippen LogP contribution is 2.20. The van der Waals surface area contributed by atoms with E-state index in [9.17, 15) is 4.79 Å². The van der Waals surface area contributed by atoms with Gasteiger partial charge in [-0.05, 0) is 19.1 Å². The molecule has 0 bridgehead atoms. The summed E-state index contributed by atoms with van der Waals surface area (Å²) in [7, 11) is 3.18. The van der Waals surface area contributed by atoms with Crippen molar-refractivity contribution in [2.45, 2.75) is 6.92 Å². The number of methoxy groups -OCH3 is 1. The number of nitrogens with zero attached hydrogens (tertiary/aromatic N) is 1. The normalized spacial score (nSPS) is 10.4. The van der Waals surface area contributed by atoms with E-state index in [1.54, 1.807) is 33.2 Å². The molecule has 2 rings (SSSR count). The summed E-state index contributed by atoms with van der Waals surface area (Å²) in [5, 5.41) is 11.1. The molecule has 0 unspecified atom stereocenters. The average Bonchev–Trinajstić information content (AvgIpc) is 2.62. The maximum atomic E-state index is 12.0. The van der Waals surface area contributed by atoms with Gasteiger partial charge in [-0.1, -0.05) is 12.1 Å². The molecule has 0 spiro atoms. The Labute approximate surface area is 105 Å². The Morgan fingerprint density at radius 1 is 1.39 bits per heavy atom. The number of hydrogen-bond acceptors (Lipinski definition) is 3. The van der Waals surface area contributed by atoms with Crippen LogP contribution in [0.5, 0.6) is 5.75 Å². The Morgan fingerprint density at radius 3 is 2.61 bits per heavy atom. The van der Waals surface area contributed by atoms with Gasteiger partial charge in [0.1, 0.15) is 5.75 Å². The second kappa shape index (κ2) is 4.52. The molecule has 0 radical (unpaired) electrons. The van der Waals surface area contributed by atoms with Crippen LogP contribution in [0.4, 0.5) is 0 Å². The number of hydrogen-bond donors (Lipinski definition) is 2. The predicted octanol–water partition coefficient (Wildman–Crippen LogP) is 1.45. The van der Waals surface area contributed by atoms with Crippen molar-refractivity contribution in [3.8, 4) is 5.75 Å². The van der Waals surface area contributed by atoms with Crippen LogP contribution < -0.4 is 10.3 Å². The fourth-order valence-corrected chi connectivity index (χ4v) is 1.97. The molecule has 0 fully saturated rings. The van der Waals surface area contributed by atoms with Gasteiger partial charge in [-0.25, -0.2) is 0 Å². The molecular formula is C13H15N3O2. The highest BCUT2D eigenvalue weighted by Gasteiger charge is 2.18. The van der Waals surface area contributed by atoms with E-state index < -0.39 is 0 Å². The first-order valence-electron chi connectivity index (χ1n) is 5.54. The Balaban J connectivity index is 2.58. The smallest absolute Gasteiger partial charge is 0.275 e. The third-order valence-corrected chi connectivity index (χ3v) is 2.86. The van der Waals surface area contributed by atoms with Crippen LogP contribution in [0.25, 0.3) is 0 Å². The molecule has 0 aliphatic carbocycles. The number of ether oxygens (including phenoxy) is 1. The van der Waals surface area contributed by atoms with Crippen LogP contribution in [0.3, 0.4) is 0 Å². The first-order valence-corrected chi connectivity index (χ1v) is 5.54. The lowest BCUT2D eigenvalue weighted by Gasteiger charge is -2.08. The molecule has 1 aromatic carbocycles. The lowest BCUT2D eigenvalue weighted by Crippen LogP contribution is -2.20. The Bertz CT molecular complexity index is 652. The molecule has 1 heterocycles. The Morgan fingerprint density at radius 2 is 2.06 bits per heavy atom. The topological polar surface area (TPSA) is 70.9 Å². The number of nitrogens with one attached hydrogen (secondary N) is 2. The Kier molecular flexibility index (Phi) is 3.06. The van der Waals surface area contributed by atoms with Gasteiger partial charge in [-0.15, -0.1) is 0 Å². The van der Waals surface area contributed by atoms with Gasteiger partial charge in [0.2, 0.25) is 0 Å². The fraction of sp³-hybridized carbons (Fsp3) is 0.231. The van der Waals surface area contributed by atoms with Crippen molar-refractivity contribution in [1.82, 2.24) is 9.78 Å². The molecule has 2 N–H and O–H groups in total. The SMILES string of the molecule is COc1ccccc1C(=N)c1c(C)[nH]n(C)c1=O. The van der Waals surface area contributed by atoms with Crippen molar-refractivity contribution in [2.24, 2.45) is 7.05 Å². The van der Waals surface area contributed by atoms with Crippen molar-refractivity contribution in [2.75, 3.05) is 7.11 Å². The summed E-state index contributed by atoms with van der Waals surface area (Å²) in [6.07, 6.45) is 0. The van der Waals surface area contributed by atoms with Crippen LogP contribution in [-0.2, 0) is 7.05 Å². The molecule has 1 aromatic heterocycles.